The summed E-state index contributed by atoms with van der Waals surface area (Å²) >= 11 is 5.00. The minimum atomic E-state index is 0.0817. The lowest BCUT2D eigenvalue weighted by atomic mass is 9.97. The first-order valence-electron chi connectivity index (χ1n) is 9.76. The number of ether oxygens (including phenoxy) is 1. The molecule has 1 aromatic carbocycles. The number of para-hydroxylation sites is 1. The minimum absolute atomic E-state index is 0.0817. The van der Waals surface area contributed by atoms with Crippen molar-refractivity contribution in [2.45, 2.75) is 43.1 Å². The summed E-state index contributed by atoms with van der Waals surface area (Å²) in [6, 6.07) is 8.18. The van der Waals surface area contributed by atoms with Crippen molar-refractivity contribution in [2.24, 2.45) is 0 Å². The van der Waals surface area contributed by atoms with Gasteiger partial charge >= 0.3 is 0 Å². The van der Waals surface area contributed by atoms with Gasteiger partial charge in [-0.3, -0.25) is 9.36 Å². The fourth-order valence-corrected chi connectivity index (χ4v) is 7.11. The summed E-state index contributed by atoms with van der Waals surface area (Å²) in [5, 5.41) is 2.65. The number of thiophene rings is 1. The SMILES string of the molecule is COCCn1c(SCc2nc3ccccc3s2)nc2sc3c(c2c1=O)CCCC3. The van der Waals surface area contributed by atoms with Crippen LogP contribution in [0.1, 0.15) is 28.3 Å². The molecule has 0 bridgehead atoms. The van der Waals surface area contributed by atoms with E-state index in [-0.39, 0.29) is 5.56 Å². The summed E-state index contributed by atoms with van der Waals surface area (Å²) in [4.78, 5) is 25.3. The molecule has 0 radical (unpaired) electrons. The zero-order chi connectivity index (χ0) is 19.8. The Balaban J connectivity index is 1.53. The normalized spacial score (nSPS) is 14.0. The van der Waals surface area contributed by atoms with Crippen LogP contribution in [0.15, 0.2) is 34.2 Å². The van der Waals surface area contributed by atoms with Crippen LogP contribution in [0.4, 0.5) is 0 Å². The molecule has 0 amide bonds. The lowest BCUT2D eigenvalue weighted by Crippen LogP contribution is -2.25. The van der Waals surface area contributed by atoms with Crippen molar-refractivity contribution in [3.05, 3.63) is 50.1 Å². The van der Waals surface area contributed by atoms with E-state index in [9.17, 15) is 4.79 Å². The second kappa shape index (κ2) is 8.18. The van der Waals surface area contributed by atoms with Gasteiger partial charge in [-0.2, -0.15) is 0 Å². The van der Waals surface area contributed by atoms with Crippen molar-refractivity contribution in [1.82, 2.24) is 14.5 Å². The second-order valence-corrected chi connectivity index (χ2v) is 10.2. The Bertz CT molecular complexity index is 1210. The number of aromatic nitrogens is 3. The number of benzene rings is 1. The van der Waals surface area contributed by atoms with Gasteiger partial charge in [-0.1, -0.05) is 23.9 Å². The molecule has 0 N–H and O–H groups in total. The molecular formula is C21H21N3O2S3. The minimum Gasteiger partial charge on any atom is -0.383 e. The van der Waals surface area contributed by atoms with Gasteiger partial charge in [0.25, 0.3) is 5.56 Å². The third-order valence-electron chi connectivity index (χ3n) is 5.22. The van der Waals surface area contributed by atoms with Crippen molar-refractivity contribution >= 4 is 54.9 Å². The predicted molar refractivity (Wildman–Crippen MR) is 122 cm³/mol. The Morgan fingerprint density at radius 2 is 2.03 bits per heavy atom. The topological polar surface area (TPSA) is 57.0 Å². The van der Waals surface area contributed by atoms with Crippen LogP contribution in [0, 0.1) is 0 Å². The Morgan fingerprint density at radius 1 is 1.17 bits per heavy atom. The molecule has 0 atom stereocenters. The number of hydrogen-bond acceptors (Lipinski definition) is 7. The molecule has 150 valence electrons. The average Bonchev–Trinajstić information content (AvgIpc) is 3.32. The quantitative estimate of drug-likeness (QED) is 0.314. The van der Waals surface area contributed by atoms with Crippen molar-refractivity contribution in [2.75, 3.05) is 13.7 Å². The summed E-state index contributed by atoms with van der Waals surface area (Å²) in [6.07, 6.45) is 4.43. The van der Waals surface area contributed by atoms with Gasteiger partial charge in [-0.15, -0.1) is 22.7 Å². The molecule has 1 aliphatic rings. The number of thiazole rings is 1. The van der Waals surface area contributed by atoms with E-state index in [4.69, 9.17) is 14.7 Å². The van der Waals surface area contributed by atoms with Gasteiger partial charge in [0.15, 0.2) is 5.16 Å². The first-order chi connectivity index (χ1) is 14.2. The van der Waals surface area contributed by atoms with Gasteiger partial charge in [0.2, 0.25) is 0 Å². The number of methoxy groups -OCH3 is 1. The van der Waals surface area contributed by atoms with Gasteiger partial charge in [-0.05, 0) is 43.4 Å². The molecule has 3 heterocycles. The maximum atomic E-state index is 13.4. The molecule has 29 heavy (non-hydrogen) atoms. The molecule has 0 fully saturated rings. The van der Waals surface area contributed by atoms with E-state index in [1.54, 1.807) is 46.1 Å². The molecule has 0 unspecified atom stereocenters. The lowest BCUT2D eigenvalue weighted by molar-refractivity contribution is 0.183. The fraction of sp³-hybridized carbons (Fsp3) is 0.381. The molecule has 0 spiro atoms. The highest BCUT2D eigenvalue weighted by atomic mass is 32.2. The van der Waals surface area contributed by atoms with Crippen LogP contribution in [-0.4, -0.2) is 28.3 Å². The highest BCUT2D eigenvalue weighted by Crippen LogP contribution is 2.35. The largest absolute Gasteiger partial charge is 0.383 e. The van der Waals surface area contributed by atoms with Crippen LogP contribution >= 0.6 is 34.4 Å². The van der Waals surface area contributed by atoms with Crippen LogP contribution in [0.3, 0.4) is 0 Å². The molecule has 0 saturated heterocycles. The number of thioether (sulfide) groups is 1. The van der Waals surface area contributed by atoms with Crippen LogP contribution < -0.4 is 5.56 Å². The van der Waals surface area contributed by atoms with Gasteiger partial charge in [0.1, 0.15) is 9.84 Å². The maximum Gasteiger partial charge on any atom is 0.263 e. The average molecular weight is 444 g/mol. The number of aryl methyl sites for hydroxylation is 2. The molecular weight excluding hydrogens is 422 g/mol. The molecule has 3 aromatic heterocycles. The van der Waals surface area contributed by atoms with E-state index < -0.39 is 0 Å². The molecule has 8 heteroatoms. The van der Waals surface area contributed by atoms with Gasteiger partial charge < -0.3 is 4.74 Å². The van der Waals surface area contributed by atoms with Crippen LogP contribution in [0.2, 0.25) is 0 Å². The first-order valence-corrected chi connectivity index (χ1v) is 12.4. The van der Waals surface area contributed by atoms with E-state index in [0.29, 0.717) is 18.9 Å². The van der Waals surface area contributed by atoms with Gasteiger partial charge in [0, 0.05) is 12.0 Å². The fourth-order valence-electron chi connectivity index (χ4n) is 3.82. The molecule has 5 rings (SSSR count). The standard InChI is InChI=1S/C21H21N3O2S3/c1-26-11-10-24-20(25)18-13-6-2-4-8-15(13)29-19(18)23-21(24)27-12-17-22-14-7-3-5-9-16(14)28-17/h3,5,7,9H,2,4,6,8,10-12H2,1H3. The Kier molecular flexibility index (Phi) is 5.43. The van der Waals surface area contributed by atoms with Crippen molar-refractivity contribution in [3.63, 3.8) is 0 Å². The molecule has 4 aromatic rings. The highest BCUT2D eigenvalue weighted by Gasteiger charge is 2.22. The van der Waals surface area contributed by atoms with E-state index >= 15 is 0 Å². The zero-order valence-corrected chi connectivity index (χ0v) is 18.6. The molecule has 0 aliphatic heterocycles. The predicted octanol–water partition coefficient (Wildman–Crippen LogP) is 4.89. The summed E-state index contributed by atoms with van der Waals surface area (Å²) in [5.41, 5.74) is 2.35. The molecule has 0 saturated carbocycles. The summed E-state index contributed by atoms with van der Waals surface area (Å²) in [5.74, 6) is 0.704. The molecule has 5 nitrogen and oxygen atoms in total. The van der Waals surface area contributed by atoms with Gasteiger partial charge in [-0.25, -0.2) is 9.97 Å². The van der Waals surface area contributed by atoms with Crippen molar-refractivity contribution in [1.29, 1.82) is 0 Å². The third kappa shape index (κ3) is 3.63. The Hall–Kier alpha value is -1.74. The summed E-state index contributed by atoms with van der Waals surface area (Å²) < 4.78 is 8.25. The first kappa shape index (κ1) is 19.2. The van der Waals surface area contributed by atoms with Crippen molar-refractivity contribution in [3.8, 4) is 0 Å². The number of nitrogens with zero attached hydrogens (tertiary/aromatic N) is 3. The van der Waals surface area contributed by atoms with Crippen molar-refractivity contribution < 1.29 is 4.74 Å². The lowest BCUT2D eigenvalue weighted by Gasteiger charge is -2.13. The maximum absolute atomic E-state index is 13.4. The number of rotatable bonds is 6. The van der Waals surface area contributed by atoms with Crippen LogP contribution in [-0.2, 0) is 29.9 Å². The Labute approximate surface area is 180 Å². The third-order valence-corrected chi connectivity index (χ3v) is 8.61. The molecule has 1 aliphatic carbocycles. The van der Waals surface area contributed by atoms with E-state index in [1.807, 2.05) is 18.2 Å². The van der Waals surface area contributed by atoms with Gasteiger partial charge in [0.05, 0.1) is 34.5 Å². The summed E-state index contributed by atoms with van der Waals surface area (Å²) in [7, 11) is 1.66. The highest BCUT2D eigenvalue weighted by molar-refractivity contribution is 7.98. The van der Waals surface area contributed by atoms with E-state index in [1.165, 1.54) is 21.6 Å². The van der Waals surface area contributed by atoms with E-state index in [2.05, 4.69) is 6.07 Å². The van der Waals surface area contributed by atoms with E-state index in [0.717, 1.165) is 45.2 Å². The second-order valence-electron chi connectivity index (χ2n) is 7.10. The number of hydrogen-bond donors (Lipinski definition) is 0. The smallest absolute Gasteiger partial charge is 0.263 e. The Morgan fingerprint density at radius 3 is 2.90 bits per heavy atom. The summed E-state index contributed by atoms with van der Waals surface area (Å²) in [6.45, 7) is 1.01. The zero-order valence-electron chi connectivity index (χ0n) is 16.1. The number of fused-ring (bicyclic) bond motifs is 4. The van der Waals surface area contributed by atoms with Crippen LogP contribution in [0.5, 0.6) is 0 Å². The monoisotopic (exact) mass is 443 g/mol. The van der Waals surface area contributed by atoms with Crippen LogP contribution in [0.25, 0.3) is 20.4 Å².